The summed E-state index contributed by atoms with van der Waals surface area (Å²) in [7, 11) is 1.91. The Bertz CT molecular complexity index is 652. The first-order valence-corrected chi connectivity index (χ1v) is 7.19. The summed E-state index contributed by atoms with van der Waals surface area (Å²) in [6.07, 6.45) is 5.31. The van der Waals surface area contributed by atoms with Crippen LogP contribution in [0.25, 0.3) is 0 Å². The van der Waals surface area contributed by atoms with Crippen molar-refractivity contribution in [3.63, 3.8) is 0 Å². The third-order valence-corrected chi connectivity index (χ3v) is 3.72. The summed E-state index contributed by atoms with van der Waals surface area (Å²) < 4.78 is 7.60. The zero-order valence-electron chi connectivity index (χ0n) is 12.5. The second-order valence-electron chi connectivity index (χ2n) is 5.45. The van der Waals surface area contributed by atoms with Crippen LogP contribution in [0.2, 0.25) is 0 Å². The molecule has 7 heteroatoms. The molecule has 1 amide bonds. The SMILES string of the molecule is Cn1cc(CN2CCO[C@@H](c3ccc(C(N)=O)cn3)C2)cn1. The van der Waals surface area contributed by atoms with Crippen LogP contribution in [-0.2, 0) is 18.3 Å². The van der Waals surface area contributed by atoms with Crippen molar-refractivity contribution >= 4 is 5.91 Å². The Morgan fingerprint density at radius 1 is 1.45 bits per heavy atom. The normalized spacial score (nSPS) is 19.2. The number of aryl methyl sites for hydroxylation is 1. The van der Waals surface area contributed by atoms with E-state index in [0.717, 1.165) is 25.3 Å². The van der Waals surface area contributed by atoms with E-state index in [4.69, 9.17) is 10.5 Å². The number of morpholine rings is 1. The van der Waals surface area contributed by atoms with Gasteiger partial charge in [0.1, 0.15) is 6.10 Å². The molecule has 1 aliphatic heterocycles. The van der Waals surface area contributed by atoms with Crippen LogP contribution in [0.4, 0.5) is 0 Å². The molecule has 1 atom stereocenters. The maximum Gasteiger partial charge on any atom is 0.250 e. The van der Waals surface area contributed by atoms with E-state index in [1.807, 2.05) is 19.4 Å². The molecule has 116 valence electrons. The Labute approximate surface area is 128 Å². The molecule has 1 saturated heterocycles. The molecule has 0 aromatic carbocycles. The second kappa shape index (κ2) is 6.25. The minimum atomic E-state index is -0.471. The highest BCUT2D eigenvalue weighted by Gasteiger charge is 2.23. The van der Waals surface area contributed by atoms with E-state index >= 15 is 0 Å². The minimum Gasteiger partial charge on any atom is -0.369 e. The minimum absolute atomic E-state index is 0.0904. The lowest BCUT2D eigenvalue weighted by molar-refractivity contribution is -0.0350. The van der Waals surface area contributed by atoms with Crippen molar-refractivity contribution in [1.82, 2.24) is 19.7 Å². The maximum atomic E-state index is 11.1. The third-order valence-electron chi connectivity index (χ3n) is 3.72. The summed E-state index contributed by atoms with van der Waals surface area (Å²) >= 11 is 0. The molecule has 22 heavy (non-hydrogen) atoms. The van der Waals surface area contributed by atoms with Gasteiger partial charge in [-0.05, 0) is 12.1 Å². The summed E-state index contributed by atoms with van der Waals surface area (Å²) in [5.74, 6) is -0.471. The van der Waals surface area contributed by atoms with Gasteiger partial charge in [0.15, 0.2) is 0 Å². The van der Waals surface area contributed by atoms with Crippen molar-refractivity contribution in [2.45, 2.75) is 12.6 Å². The molecule has 2 aromatic rings. The summed E-state index contributed by atoms with van der Waals surface area (Å²) in [4.78, 5) is 17.7. The van der Waals surface area contributed by atoms with Crippen LogP contribution in [0.3, 0.4) is 0 Å². The fourth-order valence-electron chi connectivity index (χ4n) is 2.58. The van der Waals surface area contributed by atoms with Crippen LogP contribution in [-0.4, -0.2) is 45.3 Å². The first-order chi connectivity index (χ1) is 10.6. The summed E-state index contributed by atoms with van der Waals surface area (Å²) in [5.41, 5.74) is 7.64. The number of carbonyl (C=O) groups is 1. The number of aromatic nitrogens is 3. The number of nitrogens with two attached hydrogens (primary N) is 1. The van der Waals surface area contributed by atoms with Crippen molar-refractivity contribution in [2.75, 3.05) is 19.7 Å². The van der Waals surface area contributed by atoms with E-state index in [-0.39, 0.29) is 6.10 Å². The number of rotatable bonds is 4. The Kier molecular flexibility index (Phi) is 4.17. The molecule has 2 aromatic heterocycles. The Balaban J connectivity index is 1.66. The van der Waals surface area contributed by atoms with E-state index in [1.54, 1.807) is 16.8 Å². The highest BCUT2D eigenvalue weighted by atomic mass is 16.5. The predicted octanol–water partition coefficient (Wildman–Crippen LogP) is 0.487. The highest BCUT2D eigenvalue weighted by molar-refractivity contribution is 5.92. The van der Waals surface area contributed by atoms with Crippen molar-refractivity contribution in [1.29, 1.82) is 0 Å². The molecule has 2 N–H and O–H groups in total. The Hall–Kier alpha value is -2.25. The average molecular weight is 301 g/mol. The van der Waals surface area contributed by atoms with Crippen molar-refractivity contribution in [3.05, 3.63) is 47.5 Å². The largest absolute Gasteiger partial charge is 0.369 e. The van der Waals surface area contributed by atoms with E-state index in [0.29, 0.717) is 12.2 Å². The number of carbonyl (C=O) groups excluding carboxylic acids is 1. The van der Waals surface area contributed by atoms with Gasteiger partial charge in [0.05, 0.1) is 24.1 Å². The first-order valence-electron chi connectivity index (χ1n) is 7.19. The first kappa shape index (κ1) is 14.7. The number of primary amides is 1. The lowest BCUT2D eigenvalue weighted by Gasteiger charge is -2.32. The van der Waals surface area contributed by atoms with Crippen LogP contribution < -0.4 is 5.73 Å². The standard InChI is InChI=1S/C15H19N5O2/c1-19-8-11(6-18-19)9-20-4-5-22-14(10-20)13-3-2-12(7-17-13)15(16)21/h2-3,6-8,14H,4-5,9-10H2,1H3,(H2,16,21)/t14-/m1/s1. The van der Waals surface area contributed by atoms with Gasteiger partial charge in [-0.1, -0.05) is 0 Å². The van der Waals surface area contributed by atoms with Gasteiger partial charge in [0.25, 0.3) is 0 Å². The van der Waals surface area contributed by atoms with Gasteiger partial charge in [-0.3, -0.25) is 19.4 Å². The van der Waals surface area contributed by atoms with Gasteiger partial charge in [0, 0.05) is 44.6 Å². The summed E-state index contributed by atoms with van der Waals surface area (Å²) in [6.45, 7) is 3.14. The van der Waals surface area contributed by atoms with Crippen LogP contribution >= 0.6 is 0 Å². The Morgan fingerprint density at radius 3 is 2.95 bits per heavy atom. The number of pyridine rings is 1. The molecule has 0 radical (unpaired) electrons. The predicted molar refractivity (Wildman–Crippen MR) is 79.9 cm³/mol. The molecule has 0 unspecified atom stereocenters. The van der Waals surface area contributed by atoms with Gasteiger partial charge < -0.3 is 10.5 Å². The molecule has 0 aliphatic carbocycles. The highest BCUT2D eigenvalue weighted by Crippen LogP contribution is 2.21. The van der Waals surface area contributed by atoms with Crippen LogP contribution in [0.1, 0.15) is 27.7 Å². The zero-order chi connectivity index (χ0) is 15.5. The molecule has 0 spiro atoms. The number of amides is 1. The molecule has 7 nitrogen and oxygen atoms in total. The summed E-state index contributed by atoms with van der Waals surface area (Å²) in [6, 6.07) is 3.49. The lowest BCUT2D eigenvalue weighted by atomic mass is 10.1. The second-order valence-corrected chi connectivity index (χ2v) is 5.45. The van der Waals surface area contributed by atoms with Gasteiger partial charge in [0.2, 0.25) is 5.91 Å². The van der Waals surface area contributed by atoms with Crippen molar-refractivity contribution in [2.24, 2.45) is 12.8 Å². The Morgan fingerprint density at radius 2 is 2.32 bits per heavy atom. The monoisotopic (exact) mass is 301 g/mol. The smallest absolute Gasteiger partial charge is 0.250 e. The molecular weight excluding hydrogens is 282 g/mol. The molecule has 0 bridgehead atoms. The van der Waals surface area contributed by atoms with Crippen LogP contribution in [0, 0.1) is 0 Å². The molecule has 1 aliphatic rings. The lowest BCUT2D eigenvalue weighted by Crippen LogP contribution is -2.38. The number of ether oxygens (including phenoxy) is 1. The number of hydrogen-bond acceptors (Lipinski definition) is 5. The van der Waals surface area contributed by atoms with E-state index in [9.17, 15) is 4.79 Å². The maximum absolute atomic E-state index is 11.1. The van der Waals surface area contributed by atoms with Gasteiger partial charge >= 0.3 is 0 Å². The van der Waals surface area contributed by atoms with E-state index in [1.165, 1.54) is 11.8 Å². The average Bonchev–Trinajstić information content (AvgIpc) is 2.93. The zero-order valence-corrected chi connectivity index (χ0v) is 12.5. The molecule has 0 saturated carbocycles. The van der Waals surface area contributed by atoms with Crippen LogP contribution in [0.15, 0.2) is 30.7 Å². The topological polar surface area (TPSA) is 86.3 Å². The number of nitrogens with zero attached hydrogens (tertiary/aromatic N) is 4. The van der Waals surface area contributed by atoms with Gasteiger partial charge in [-0.2, -0.15) is 5.10 Å². The van der Waals surface area contributed by atoms with E-state index < -0.39 is 5.91 Å². The van der Waals surface area contributed by atoms with E-state index in [2.05, 4.69) is 15.0 Å². The number of hydrogen-bond donors (Lipinski definition) is 1. The van der Waals surface area contributed by atoms with Crippen molar-refractivity contribution < 1.29 is 9.53 Å². The van der Waals surface area contributed by atoms with Gasteiger partial charge in [-0.25, -0.2) is 0 Å². The molecular formula is C15H19N5O2. The molecule has 1 fully saturated rings. The fraction of sp³-hybridized carbons (Fsp3) is 0.400. The fourth-order valence-corrected chi connectivity index (χ4v) is 2.58. The van der Waals surface area contributed by atoms with Gasteiger partial charge in [-0.15, -0.1) is 0 Å². The van der Waals surface area contributed by atoms with Crippen LogP contribution in [0.5, 0.6) is 0 Å². The summed E-state index contributed by atoms with van der Waals surface area (Å²) in [5, 5.41) is 4.19. The molecule has 3 heterocycles. The molecule has 3 rings (SSSR count). The quantitative estimate of drug-likeness (QED) is 0.888. The third kappa shape index (κ3) is 3.32. The van der Waals surface area contributed by atoms with Crippen molar-refractivity contribution in [3.8, 4) is 0 Å².